The number of aliphatic hydroxyl groups is 1. The van der Waals surface area contributed by atoms with Crippen LogP contribution in [0.25, 0.3) is 0 Å². The van der Waals surface area contributed by atoms with Gasteiger partial charge in [-0.3, -0.25) is 4.98 Å². The molecule has 3 rings (SSSR count). The molecule has 0 spiro atoms. The Balaban J connectivity index is 1.90. The molecule has 3 heterocycles. The highest BCUT2D eigenvalue weighted by Crippen LogP contribution is 2.53. The lowest BCUT2D eigenvalue weighted by molar-refractivity contribution is -0.0285. The number of nitrogens with zero attached hydrogens (tertiary/aromatic N) is 1. The number of aromatic nitrogens is 1. The van der Waals surface area contributed by atoms with E-state index in [-0.39, 0.29) is 17.6 Å². The summed E-state index contributed by atoms with van der Waals surface area (Å²) in [6, 6.07) is 3.74. The molecule has 1 aromatic heterocycles. The Kier molecular flexibility index (Phi) is 3.18. The van der Waals surface area contributed by atoms with Gasteiger partial charge in [-0.15, -0.1) is 0 Å². The fraction of sp³-hybridized carbons (Fsp3) is 0.615. The predicted octanol–water partition coefficient (Wildman–Crippen LogP) is 1.77. The van der Waals surface area contributed by atoms with Crippen molar-refractivity contribution in [1.82, 2.24) is 4.98 Å². The Morgan fingerprint density at radius 3 is 2.89 bits per heavy atom. The van der Waals surface area contributed by atoms with E-state index in [2.05, 4.69) is 20.9 Å². The van der Waals surface area contributed by atoms with Crippen LogP contribution in [0.3, 0.4) is 0 Å². The first kappa shape index (κ1) is 12.5. The molecule has 2 aliphatic rings. The maximum absolute atomic E-state index is 10.6. The molecular formula is C13H17BrN2O2. The number of rotatable bonds is 3. The summed E-state index contributed by atoms with van der Waals surface area (Å²) in [5.74, 6) is 0. The minimum absolute atomic E-state index is 0.0768. The Hall–Kier alpha value is -0.490. The number of hydrogen-bond acceptors (Lipinski definition) is 4. The lowest BCUT2D eigenvalue weighted by Gasteiger charge is -2.38. The minimum atomic E-state index is -0.647. The van der Waals surface area contributed by atoms with E-state index in [0.29, 0.717) is 12.2 Å². The van der Waals surface area contributed by atoms with Crippen molar-refractivity contribution >= 4 is 15.9 Å². The largest absolute Gasteiger partial charge is 0.386 e. The number of pyridine rings is 1. The lowest BCUT2D eigenvalue weighted by Crippen LogP contribution is -2.44. The third kappa shape index (κ3) is 1.81. The fourth-order valence-corrected chi connectivity index (χ4v) is 3.53. The second-order valence-corrected chi connectivity index (χ2v) is 6.18. The van der Waals surface area contributed by atoms with Crippen LogP contribution in [0.2, 0.25) is 0 Å². The SMILES string of the molecule is NCC1(C(O)c2ccc(Br)cn2)CC2CCC1O2. The van der Waals surface area contributed by atoms with E-state index in [4.69, 9.17) is 10.5 Å². The molecule has 5 heteroatoms. The molecular weight excluding hydrogens is 296 g/mol. The highest BCUT2D eigenvalue weighted by molar-refractivity contribution is 9.10. The van der Waals surface area contributed by atoms with Crippen LogP contribution in [0.4, 0.5) is 0 Å². The van der Waals surface area contributed by atoms with Gasteiger partial charge in [0.2, 0.25) is 0 Å². The van der Waals surface area contributed by atoms with Crippen molar-refractivity contribution in [2.75, 3.05) is 6.54 Å². The third-order valence-corrected chi connectivity index (χ3v) is 4.78. The lowest BCUT2D eigenvalue weighted by atomic mass is 9.69. The van der Waals surface area contributed by atoms with Crippen molar-refractivity contribution in [3.05, 3.63) is 28.5 Å². The fourth-order valence-electron chi connectivity index (χ4n) is 3.29. The molecule has 4 unspecified atom stereocenters. The van der Waals surface area contributed by atoms with Crippen molar-refractivity contribution in [3.8, 4) is 0 Å². The molecule has 0 amide bonds. The molecule has 4 nitrogen and oxygen atoms in total. The zero-order valence-corrected chi connectivity index (χ0v) is 11.6. The Morgan fingerprint density at radius 2 is 2.39 bits per heavy atom. The van der Waals surface area contributed by atoms with Crippen molar-refractivity contribution in [2.45, 2.75) is 37.6 Å². The molecule has 2 aliphatic heterocycles. The van der Waals surface area contributed by atoms with Crippen LogP contribution in [0.1, 0.15) is 31.1 Å². The van der Waals surface area contributed by atoms with Gasteiger partial charge in [0.1, 0.15) is 6.10 Å². The number of fused-ring (bicyclic) bond motifs is 2. The molecule has 2 saturated heterocycles. The van der Waals surface area contributed by atoms with E-state index in [9.17, 15) is 5.11 Å². The molecule has 0 saturated carbocycles. The van der Waals surface area contributed by atoms with Crippen LogP contribution < -0.4 is 5.73 Å². The predicted molar refractivity (Wildman–Crippen MR) is 70.9 cm³/mol. The van der Waals surface area contributed by atoms with Gasteiger partial charge in [0.15, 0.2) is 0 Å². The summed E-state index contributed by atoms with van der Waals surface area (Å²) < 4.78 is 6.78. The second-order valence-electron chi connectivity index (χ2n) is 5.27. The molecule has 2 bridgehead atoms. The average Bonchev–Trinajstić information content (AvgIpc) is 2.99. The number of hydrogen-bond donors (Lipinski definition) is 2. The molecule has 0 aromatic carbocycles. The van der Waals surface area contributed by atoms with E-state index in [0.717, 1.165) is 23.7 Å². The van der Waals surface area contributed by atoms with E-state index >= 15 is 0 Å². The Labute approximate surface area is 115 Å². The van der Waals surface area contributed by atoms with Gasteiger partial charge in [-0.05, 0) is 47.3 Å². The molecule has 3 N–H and O–H groups in total. The van der Waals surface area contributed by atoms with Gasteiger partial charge in [-0.1, -0.05) is 0 Å². The first-order chi connectivity index (χ1) is 8.65. The number of halogens is 1. The van der Waals surface area contributed by atoms with Gasteiger partial charge in [-0.25, -0.2) is 0 Å². The minimum Gasteiger partial charge on any atom is -0.386 e. The van der Waals surface area contributed by atoms with Crippen molar-refractivity contribution < 1.29 is 9.84 Å². The molecule has 0 radical (unpaired) electrons. The Morgan fingerprint density at radius 1 is 1.56 bits per heavy atom. The number of ether oxygens (including phenoxy) is 1. The van der Waals surface area contributed by atoms with Crippen molar-refractivity contribution in [2.24, 2.45) is 11.1 Å². The van der Waals surface area contributed by atoms with Crippen LogP contribution in [-0.2, 0) is 4.74 Å². The zero-order valence-electron chi connectivity index (χ0n) is 10.1. The maximum atomic E-state index is 10.6. The standard InChI is InChI=1S/C13H17BrN2O2/c14-8-1-3-10(16-6-8)12(17)13(7-15)5-9-2-4-11(13)18-9/h1,3,6,9,11-12,17H,2,4-5,7,15H2. The quantitative estimate of drug-likeness (QED) is 0.892. The maximum Gasteiger partial charge on any atom is 0.105 e. The zero-order chi connectivity index (χ0) is 12.8. The van der Waals surface area contributed by atoms with Gasteiger partial charge in [0, 0.05) is 22.6 Å². The van der Waals surface area contributed by atoms with Crippen LogP contribution in [0, 0.1) is 5.41 Å². The molecule has 98 valence electrons. The molecule has 2 fully saturated rings. The monoisotopic (exact) mass is 312 g/mol. The summed E-state index contributed by atoms with van der Waals surface area (Å²) in [4.78, 5) is 4.29. The van der Waals surface area contributed by atoms with Gasteiger partial charge < -0.3 is 15.6 Å². The van der Waals surface area contributed by atoms with Crippen molar-refractivity contribution in [3.63, 3.8) is 0 Å². The van der Waals surface area contributed by atoms with Gasteiger partial charge >= 0.3 is 0 Å². The van der Waals surface area contributed by atoms with E-state index in [1.54, 1.807) is 6.20 Å². The van der Waals surface area contributed by atoms with Crippen LogP contribution >= 0.6 is 15.9 Å². The van der Waals surface area contributed by atoms with E-state index < -0.39 is 6.10 Å². The summed E-state index contributed by atoms with van der Waals surface area (Å²) in [6.45, 7) is 0.438. The first-order valence-corrected chi connectivity index (χ1v) is 7.10. The van der Waals surface area contributed by atoms with Crippen LogP contribution in [-0.4, -0.2) is 28.8 Å². The van der Waals surface area contributed by atoms with E-state index in [1.807, 2.05) is 12.1 Å². The second kappa shape index (κ2) is 4.56. The average molecular weight is 313 g/mol. The highest BCUT2D eigenvalue weighted by atomic mass is 79.9. The number of nitrogens with two attached hydrogens (primary N) is 1. The van der Waals surface area contributed by atoms with E-state index in [1.165, 1.54) is 0 Å². The normalized spacial score (nSPS) is 35.9. The first-order valence-electron chi connectivity index (χ1n) is 6.31. The Bertz CT molecular complexity index is 439. The molecule has 1 aromatic rings. The summed E-state index contributed by atoms with van der Waals surface area (Å²) >= 11 is 3.35. The molecule has 18 heavy (non-hydrogen) atoms. The summed E-state index contributed by atoms with van der Waals surface area (Å²) in [5.41, 5.74) is 6.27. The summed E-state index contributed by atoms with van der Waals surface area (Å²) in [5, 5.41) is 10.6. The third-order valence-electron chi connectivity index (χ3n) is 4.31. The van der Waals surface area contributed by atoms with Crippen LogP contribution in [0.5, 0.6) is 0 Å². The van der Waals surface area contributed by atoms with Crippen molar-refractivity contribution in [1.29, 1.82) is 0 Å². The molecule has 4 atom stereocenters. The topological polar surface area (TPSA) is 68.4 Å². The smallest absolute Gasteiger partial charge is 0.105 e. The number of aliphatic hydroxyl groups excluding tert-OH is 1. The van der Waals surface area contributed by atoms with Gasteiger partial charge in [0.05, 0.1) is 17.9 Å². The van der Waals surface area contributed by atoms with Gasteiger partial charge in [-0.2, -0.15) is 0 Å². The van der Waals surface area contributed by atoms with Gasteiger partial charge in [0.25, 0.3) is 0 Å². The summed E-state index contributed by atoms with van der Waals surface area (Å²) in [6.07, 6.45) is 4.33. The highest BCUT2D eigenvalue weighted by Gasteiger charge is 2.56. The summed E-state index contributed by atoms with van der Waals surface area (Å²) in [7, 11) is 0. The molecule has 0 aliphatic carbocycles. The van der Waals surface area contributed by atoms with Crippen LogP contribution in [0.15, 0.2) is 22.8 Å².